The van der Waals surface area contributed by atoms with Crippen molar-refractivity contribution in [2.45, 2.75) is 6.42 Å². The van der Waals surface area contributed by atoms with Crippen LogP contribution in [0.15, 0.2) is 73.2 Å². The number of imidazole rings is 1. The first-order valence-corrected chi connectivity index (χ1v) is 7.88. The van der Waals surface area contributed by atoms with Gasteiger partial charge in [-0.1, -0.05) is 24.3 Å². The van der Waals surface area contributed by atoms with Crippen molar-refractivity contribution in [2.75, 3.05) is 0 Å². The van der Waals surface area contributed by atoms with Gasteiger partial charge in [-0.15, -0.1) is 0 Å². The Kier molecular flexibility index (Phi) is 5.22. The number of hydrogen-bond donors (Lipinski definition) is 0. The molecule has 0 N–H and O–H groups in total. The summed E-state index contributed by atoms with van der Waals surface area (Å²) in [5.74, 6) is -1.08. The molecule has 0 atom stereocenters. The Morgan fingerprint density at radius 3 is 2.50 bits per heavy atom. The largest absolute Gasteiger partial charge is 1.00 e. The summed E-state index contributed by atoms with van der Waals surface area (Å²) < 4.78 is 1.97. The van der Waals surface area contributed by atoms with Gasteiger partial charge in [0.05, 0.1) is 16.7 Å². The Hall–Kier alpha value is -2.87. The molecule has 0 unspecified atom stereocenters. The fourth-order valence-electron chi connectivity index (χ4n) is 2.85. The fourth-order valence-corrected chi connectivity index (χ4v) is 2.85. The number of carboxylic acid groups (broad SMARTS) is 1. The molecule has 5 nitrogen and oxygen atoms in total. The first kappa shape index (κ1) is 17.9. The van der Waals surface area contributed by atoms with Gasteiger partial charge in [-0.3, -0.25) is 9.55 Å². The van der Waals surface area contributed by atoms with Gasteiger partial charge in [0.25, 0.3) is 0 Å². The van der Waals surface area contributed by atoms with Crippen LogP contribution in [0.4, 0.5) is 0 Å². The molecule has 0 bridgehead atoms. The van der Waals surface area contributed by atoms with Crippen molar-refractivity contribution < 1.29 is 28.8 Å². The van der Waals surface area contributed by atoms with Crippen LogP contribution in [0.25, 0.3) is 28.0 Å². The Bertz CT molecular complexity index is 1040. The van der Waals surface area contributed by atoms with E-state index in [0.29, 0.717) is 5.56 Å². The summed E-state index contributed by atoms with van der Waals surface area (Å²) in [5, 5.41) is 10.7. The molecule has 4 rings (SSSR count). The first-order chi connectivity index (χ1) is 12.2. The molecule has 0 aliphatic carbocycles. The molecule has 4 aromatic rings. The maximum atomic E-state index is 10.7. The number of carbonyl (C=O) groups excluding carboxylic acids is 1. The zero-order chi connectivity index (χ0) is 17.2. The quantitative estimate of drug-likeness (QED) is 0.466. The Morgan fingerprint density at radius 1 is 1.00 bits per heavy atom. The molecule has 0 aliphatic rings. The van der Waals surface area contributed by atoms with Crippen LogP contribution in [0.5, 0.6) is 0 Å². The Morgan fingerprint density at radius 2 is 1.81 bits per heavy atom. The molecule has 0 saturated carbocycles. The van der Waals surface area contributed by atoms with E-state index in [0.717, 1.165) is 28.0 Å². The molecule has 0 radical (unpaired) electrons. The smallest absolute Gasteiger partial charge is 0.550 e. The second-order valence-electron chi connectivity index (χ2n) is 5.75. The van der Waals surface area contributed by atoms with E-state index in [-0.39, 0.29) is 25.3 Å². The van der Waals surface area contributed by atoms with Crippen LogP contribution >= 0.6 is 0 Å². The van der Waals surface area contributed by atoms with Crippen LogP contribution in [0.1, 0.15) is 5.56 Å². The van der Waals surface area contributed by atoms with Crippen molar-refractivity contribution in [3.8, 4) is 16.9 Å². The zero-order valence-electron chi connectivity index (χ0n) is 14.3. The fraction of sp³-hybridized carbons (Fsp3) is 0.0500. The molecule has 122 valence electrons. The van der Waals surface area contributed by atoms with Crippen molar-refractivity contribution >= 4 is 17.0 Å². The molecule has 6 heteroatoms. The number of fused-ring (bicyclic) bond motifs is 1. The van der Waals surface area contributed by atoms with Crippen LogP contribution in [-0.2, 0) is 11.2 Å². The predicted octanol–water partition coefficient (Wildman–Crippen LogP) is -0.616. The van der Waals surface area contributed by atoms with Gasteiger partial charge in [-0.25, -0.2) is 4.98 Å². The third kappa shape index (κ3) is 3.55. The first-order valence-electron chi connectivity index (χ1n) is 7.88. The zero-order valence-corrected chi connectivity index (χ0v) is 14.3. The molecule has 2 heterocycles. The molecule has 0 saturated heterocycles. The van der Waals surface area contributed by atoms with Crippen LogP contribution in [0.2, 0.25) is 0 Å². The van der Waals surface area contributed by atoms with Gasteiger partial charge in [0.15, 0.2) is 0 Å². The number of aromatic nitrogens is 3. The van der Waals surface area contributed by atoms with Gasteiger partial charge in [0.1, 0.15) is 6.33 Å². The van der Waals surface area contributed by atoms with Gasteiger partial charge in [0.2, 0.25) is 0 Å². The minimum absolute atomic E-state index is 0. The van der Waals surface area contributed by atoms with Crippen LogP contribution in [0, 0.1) is 0 Å². The maximum Gasteiger partial charge on any atom is 1.00 e. The number of benzene rings is 2. The van der Waals surface area contributed by atoms with Gasteiger partial charge in [-0.05, 0) is 42.0 Å². The summed E-state index contributed by atoms with van der Waals surface area (Å²) in [6.07, 6.45) is 3.45. The average Bonchev–Trinajstić information content (AvgIpc) is 3.06. The molecule has 0 spiro atoms. The average molecular weight is 335 g/mol. The van der Waals surface area contributed by atoms with Gasteiger partial charge < -0.3 is 9.90 Å². The minimum atomic E-state index is -1.08. The molecule has 26 heavy (non-hydrogen) atoms. The van der Waals surface area contributed by atoms with Crippen molar-refractivity contribution in [1.29, 1.82) is 0 Å². The summed E-state index contributed by atoms with van der Waals surface area (Å²) in [5.41, 5.74) is 5.42. The van der Waals surface area contributed by atoms with E-state index in [4.69, 9.17) is 0 Å². The number of aliphatic carboxylic acids is 1. The summed E-state index contributed by atoms with van der Waals surface area (Å²) in [4.78, 5) is 19.5. The van der Waals surface area contributed by atoms with E-state index >= 15 is 0 Å². The summed E-state index contributed by atoms with van der Waals surface area (Å²) in [6.45, 7) is 0. The summed E-state index contributed by atoms with van der Waals surface area (Å²) >= 11 is 0. The van der Waals surface area contributed by atoms with Crippen molar-refractivity contribution in [1.82, 2.24) is 14.5 Å². The van der Waals surface area contributed by atoms with Crippen LogP contribution in [-0.4, -0.2) is 20.5 Å². The van der Waals surface area contributed by atoms with E-state index in [1.54, 1.807) is 24.7 Å². The second-order valence-corrected chi connectivity index (χ2v) is 5.75. The van der Waals surface area contributed by atoms with E-state index in [1.807, 2.05) is 53.1 Å². The normalized spacial score (nSPS) is 10.5. The predicted molar refractivity (Wildman–Crippen MR) is 93.0 cm³/mol. The molecule has 0 fully saturated rings. The molecule has 0 aliphatic heterocycles. The second kappa shape index (κ2) is 7.57. The van der Waals surface area contributed by atoms with E-state index in [2.05, 4.69) is 9.97 Å². The number of carboxylic acids is 1. The maximum absolute atomic E-state index is 10.7. The molecule has 2 aromatic heterocycles. The topological polar surface area (TPSA) is 70.8 Å². The van der Waals surface area contributed by atoms with Gasteiger partial charge in [-0.2, -0.15) is 0 Å². The third-order valence-electron chi connectivity index (χ3n) is 4.07. The summed E-state index contributed by atoms with van der Waals surface area (Å²) in [6, 6.07) is 19.2. The molecular weight excluding hydrogens is 321 g/mol. The number of pyridine rings is 1. The third-order valence-corrected chi connectivity index (χ3v) is 4.07. The molecule has 2 aromatic carbocycles. The standard InChI is InChI=1S/C20H15N3O2.Li/c24-20(25)11-14-4-7-16(8-5-14)23-13-22-18-12-15(6-9-19(18)23)17-3-1-2-10-21-17;/h1-10,12-13H,11H2,(H,24,25);/q;+1/p-1. The monoisotopic (exact) mass is 335 g/mol. The number of rotatable bonds is 4. The van der Waals surface area contributed by atoms with E-state index in [1.165, 1.54) is 0 Å². The van der Waals surface area contributed by atoms with Crippen molar-refractivity contribution in [3.63, 3.8) is 0 Å². The van der Waals surface area contributed by atoms with E-state index < -0.39 is 5.97 Å². The number of nitrogens with zero attached hydrogens (tertiary/aromatic N) is 3. The van der Waals surface area contributed by atoms with Gasteiger partial charge >= 0.3 is 18.9 Å². The van der Waals surface area contributed by atoms with Crippen LogP contribution < -0.4 is 24.0 Å². The Balaban J connectivity index is 0.00000196. The van der Waals surface area contributed by atoms with E-state index in [9.17, 15) is 9.90 Å². The SMILES string of the molecule is O=C([O-])Cc1ccc(-n2cnc3cc(-c4ccccn4)ccc32)cc1.[Li+]. The van der Waals surface area contributed by atoms with Crippen molar-refractivity contribution in [3.05, 3.63) is 78.8 Å². The van der Waals surface area contributed by atoms with Gasteiger partial charge in [0, 0.05) is 29.8 Å². The molecule has 0 amide bonds. The van der Waals surface area contributed by atoms with Crippen molar-refractivity contribution in [2.24, 2.45) is 0 Å². The summed E-state index contributed by atoms with van der Waals surface area (Å²) in [7, 11) is 0. The molecular formula is C20H14LiN3O2. The Labute approximate surface area is 162 Å². The number of hydrogen-bond acceptors (Lipinski definition) is 4. The number of carbonyl (C=O) groups is 1. The minimum Gasteiger partial charge on any atom is -0.550 e. The van der Waals surface area contributed by atoms with Crippen LogP contribution in [0.3, 0.4) is 0 Å².